The molecule has 92 valence electrons. The largest absolute Gasteiger partial charge is 0.311 e. The Morgan fingerprint density at radius 2 is 2.17 bits per heavy atom. The van der Waals surface area contributed by atoms with Crippen molar-refractivity contribution >= 4 is 0 Å². The molecular weight excluding hydrogens is 222 g/mol. The van der Waals surface area contributed by atoms with Gasteiger partial charge in [0.15, 0.2) is 0 Å². The van der Waals surface area contributed by atoms with Gasteiger partial charge in [0.1, 0.15) is 0 Å². The van der Waals surface area contributed by atoms with Crippen molar-refractivity contribution in [2.24, 2.45) is 0 Å². The zero-order valence-corrected chi connectivity index (χ0v) is 10.5. The highest BCUT2D eigenvalue weighted by atomic mass is 14.9. The van der Waals surface area contributed by atoms with Crippen molar-refractivity contribution in [1.29, 1.82) is 0 Å². The van der Waals surface area contributed by atoms with Gasteiger partial charge in [-0.1, -0.05) is 24.3 Å². The molecule has 1 heterocycles. The molecule has 0 spiro atoms. The van der Waals surface area contributed by atoms with E-state index in [0.717, 1.165) is 5.69 Å². The van der Waals surface area contributed by atoms with Gasteiger partial charge in [-0.2, -0.15) is 0 Å². The van der Waals surface area contributed by atoms with Gasteiger partial charge in [0.25, 0.3) is 0 Å². The van der Waals surface area contributed by atoms with Crippen LogP contribution in [0.25, 0.3) is 0 Å². The lowest BCUT2D eigenvalue weighted by molar-refractivity contribution is 0.465. The molecule has 0 radical (unpaired) electrons. The molecule has 0 saturated heterocycles. The van der Waals surface area contributed by atoms with E-state index in [1.54, 1.807) is 12.4 Å². The molecule has 3 nitrogen and oxygen atoms in total. The van der Waals surface area contributed by atoms with Crippen molar-refractivity contribution in [2.45, 2.75) is 24.8 Å². The van der Waals surface area contributed by atoms with Gasteiger partial charge in [-0.15, -0.1) is 0 Å². The molecule has 0 bridgehead atoms. The monoisotopic (exact) mass is 239 g/mol. The molecule has 2 atom stereocenters. The second-order valence-corrected chi connectivity index (χ2v) is 4.74. The highest BCUT2D eigenvalue weighted by molar-refractivity contribution is 5.37. The standard InChI is InChI=1S/C15H17N3/c1-16-15(14-10-17-8-9-18-14)13-7-6-11-4-2-3-5-12(11)13/h2-5,8-10,13,15-16H,6-7H2,1H3. The number of aromatic nitrogens is 2. The number of hydrogen-bond acceptors (Lipinski definition) is 3. The third-order valence-electron chi connectivity index (χ3n) is 3.79. The molecule has 18 heavy (non-hydrogen) atoms. The number of likely N-dealkylation sites (N-methyl/N-ethyl adjacent to an activating group) is 1. The SMILES string of the molecule is CNC(c1cnccn1)C1CCc2ccccc21. The second kappa shape index (κ2) is 4.86. The molecule has 0 fully saturated rings. The van der Waals surface area contributed by atoms with Gasteiger partial charge in [-0.25, -0.2) is 0 Å². The van der Waals surface area contributed by atoms with Crippen LogP contribution in [0.3, 0.4) is 0 Å². The van der Waals surface area contributed by atoms with Crippen LogP contribution in [-0.2, 0) is 6.42 Å². The summed E-state index contributed by atoms with van der Waals surface area (Å²) in [5.41, 5.74) is 3.97. The molecule has 2 aromatic rings. The first-order chi connectivity index (χ1) is 8.90. The minimum atomic E-state index is 0.252. The lowest BCUT2D eigenvalue weighted by Gasteiger charge is -2.23. The van der Waals surface area contributed by atoms with E-state index in [9.17, 15) is 0 Å². The number of hydrogen-bond donors (Lipinski definition) is 1. The van der Waals surface area contributed by atoms with Crippen molar-refractivity contribution in [1.82, 2.24) is 15.3 Å². The predicted octanol–water partition coefficient (Wildman–Crippen LogP) is 2.47. The summed E-state index contributed by atoms with van der Waals surface area (Å²) in [6.45, 7) is 0. The maximum Gasteiger partial charge on any atom is 0.0762 e. The maximum atomic E-state index is 4.44. The van der Waals surface area contributed by atoms with Gasteiger partial charge in [-0.3, -0.25) is 9.97 Å². The molecule has 0 amide bonds. The summed E-state index contributed by atoms with van der Waals surface area (Å²) in [5, 5.41) is 3.40. The lowest BCUT2D eigenvalue weighted by Crippen LogP contribution is -2.23. The van der Waals surface area contributed by atoms with Crippen LogP contribution in [0, 0.1) is 0 Å². The van der Waals surface area contributed by atoms with E-state index in [4.69, 9.17) is 0 Å². The van der Waals surface area contributed by atoms with Gasteiger partial charge >= 0.3 is 0 Å². The Morgan fingerprint density at radius 1 is 1.28 bits per heavy atom. The van der Waals surface area contributed by atoms with Crippen LogP contribution in [0.15, 0.2) is 42.9 Å². The van der Waals surface area contributed by atoms with Crippen LogP contribution in [0.1, 0.15) is 35.2 Å². The summed E-state index contributed by atoms with van der Waals surface area (Å²) in [7, 11) is 2.00. The molecule has 1 aromatic heterocycles. The lowest BCUT2D eigenvalue weighted by atomic mass is 9.91. The fourth-order valence-electron chi connectivity index (χ4n) is 2.96. The van der Waals surface area contributed by atoms with E-state index in [-0.39, 0.29) is 6.04 Å². The van der Waals surface area contributed by atoms with E-state index in [1.165, 1.54) is 24.0 Å². The summed E-state index contributed by atoms with van der Waals surface area (Å²) in [6, 6.07) is 8.98. The fourth-order valence-corrected chi connectivity index (χ4v) is 2.96. The number of aryl methyl sites for hydroxylation is 1. The van der Waals surface area contributed by atoms with Crippen molar-refractivity contribution in [3.63, 3.8) is 0 Å². The maximum absolute atomic E-state index is 4.44. The highest BCUT2D eigenvalue weighted by Crippen LogP contribution is 2.40. The first-order valence-electron chi connectivity index (χ1n) is 6.41. The third-order valence-corrected chi connectivity index (χ3v) is 3.79. The van der Waals surface area contributed by atoms with Crippen molar-refractivity contribution in [3.8, 4) is 0 Å². The molecule has 0 saturated carbocycles. The van der Waals surface area contributed by atoms with E-state index in [0.29, 0.717) is 5.92 Å². The first kappa shape index (κ1) is 11.4. The van der Waals surface area contributed by atoms with E-state index >= 15 is 0 Å². The molecule has 1 N–H and O–H groups in total. The fraction of sp³-hybridized carbons (Fsp3) is 0.333. The molecule has 2 unspecified atom stereocenters. The number of nitrogens with one attached hydrogen (secondary N) is 1. The van der Waals surface area contributed by atoms with Gasteiger partial charge < -0.3 is 5.32 Å². The number of nitrogens with zero attached hydrogens (tertiary/aromatic N) is 2. The Kier molecular flexibility index (Phi) is 3.07. The van der Waals surface area contributed by atoms with Gasteiger partial charge in [-0.05, 0) is 31.0 Å². The minimum Gasteiger partial charge on any atom is -0.311 e. The van der Waals surface area contributed by atoms with Gasteiger partial charge in [0.2, 0.25) is 0 Å². The summed E-state index contributed by atoms with van der Waals surface area (Å²) < 4.78 is 0. The summed E-state index contributed by atoms with van der Waals surface area (Å²) in [6.07, 6.45) is 7.70. The Bertz CT molecular complexity index is 524. The van der Waals surface area contributed by atoms with Crippen LogP contribution in [0.4, 0.5) is 0 Å². The summed E-state index contributed by atoms with van der Waals surface area (Å²) >= 11 is 0. The normalized spacial score (nSPS) is 19.5. The topological polar surface area (TPSA) is 37.8 Å². The van der Waals surface area contributed by atoms with E-state index < -0.39 is 0 Å². The highest BCUT2D eigenvalue weighted by Gasteiger charge is 2.30. The Morgan fingerprint density at radius 3 is 2.94 bits per heavy atom. The number of fused-ring (bicyclic) bond motifs is 1. The van der Waals surface area contributed by atoms with Crippen LogP contribution in [0.2, 0.25) is 0 Å². The third kappa shape index (κ3) is 1.91. The molecule has 1 aromatic carbocycles. The molecule has 1 aliphatic carbocycles. The molecule has 1 aliphatic rings. The second-order valence-electron chi connectivity index (χ2n) is 4.74. The Labute approximate surface area is 107 Å². The van der Waals surface area contributed by atoms with Crippen molar-refractivity contribution in [3.05, 3.63) is 59.7 Å². The minimum absolute atomic E-state index is 0.252. The molecule has 0 aliphatic heterocycles. The van der Waals surface area contributed by atoms with Crippen molar-refractivity contribution < 1.29 is 0 Å². The first-order valence-corrected chi connectivity index (χ1v) is 6.41. The quantitative estimate of drug-likeness (QED) is 0.894. The molecule has 3 heteroatoms. The van der Waals surface area contributed by atoms with Crippen LogP contribution in [0.5, 0.6) is 0 Å². The molecule has 3 rings (SSSR count). The predicted molar refractivity (Wildman–Crippen MR) is 71.3 cm³/mol. The zero-order chi connectivity index (χ0) is 12.4. The Hall–Kier alpha value is -1.74. The average molecular weight is 239 g/mol. The number of benzene rings is 1. The number of rotatable bonds is 3. The summed E-state index contributed by atoms with van der Waals surface area (Å²) in [4.78, 5) is 8.62. The summed E-state index contributed by atoms with van der Waals surface area (Å²) in [5.74, 6) is 0.503. The Balaban J connectivity index is 1.95. The molecular formula is C15H17N3. The van der Waals surface area contributed by atoms with Crippen LogP contribution in [-0.4, -0.2) is 17.0 Å². The van der Waals surface area contributed by atoms with Crippen LogP contribution < -0.4 is 5.32 Å². The smallest absolute Gasteiger partial charge is 0.0762 e. The van der Waals surface area contributed by atoms with Gasteiger partial charge in [0.05, 0.1) is 11.7 Å². The van der Waals surface area contributed by atoms with Crippen LogP contribution >= 0.6 is 0 Å². The average Bonchev–Trinajstić information content (AvgIpc) is 2.85. The van der Waals surface area contributed by atoms with E-state index in [2.05, 4.69) is 39.6 Å². The van der Waals surface area contributed by atoms with Gasteiger partial charge in [0, 0.05) is 24.5 Å². The van der Waals surface area contributed by atoms with Crippen molar-refractivity contribution in [2.75, 3.05) is 7.05 Å². The van der Waals surface area contributed by atoms with E-state index in [1.807, 2.05) is 13.2 Å². The zero-order valence-electron chi connectivity index (χ0n) is 10.5.